The predicted molar refractivity (Wildman–Crippen MR) is 31.8 cm³/mol. The van der Waals surface area contributed by atoms with E-state index in [1.54, 1.807) is 0 Å². The van der Waals surface area contributed by atoms with Crippen molar-refractivity contribution in [2.75, 3.05) is 7.11 Å². The molecule has 10 heavy (non-hydrogen) atoms. The van der Waals surface area contributed by atoms with Gasteiger partial charge >= 0.3 is 5.97 Å². The summed E-state index contributed by atoms with van der Waals surface area (Å²) < 4.78 is 4.12. The molecule has 0 unspecified atom stereocenters. The summed E-state index contributed by atoms with van der Waals surface area (Å²) in [5.41, 5.74) is 4.68. The van der Waals surface area contributed by atoms with Crippen LogP contribution in [0.5, 0.6) is 0 Å². The molecule has 0 aromatic rings. The van der Waals surface area contributed by atoms with Crippen molar-refractivity contribution in [2.24, 2.45) is 5.73 Å². The van der Waals surface area contributed by atoms with Crippen LogP contribution in [0.2, 0.25) is 0 Å². The van der Waals surface area contributed by atoms with Gasteiger partial charge in [0.15, 0.2) is 6.10 Å². The highest BCUT2D eigenvalue weighted by atomic mass is 16.5. The molecular formula is C5H9NO4. The van der Waals surface area contributed by atoms with Gasteiger partial charge in [0.25, 0.3) is 0 Å². The minimum Gasteiger partial charge on any atom is -0.467 e. The number of amides is 1. The number of carbonyl (C=O) groups excluding carboxylic acids is 2. The summed E-state index contributed by atoms with van der Waals surface area (Å²) in [5.74, 6) is -1.59. The third-order valence-corrected chi connectivity index (χ3v) is 0.868. The second kappa shape index (κ2) is 3.84. The van der Waals surface area contributed by atoms with Crippen molar-refractivity contribution < 1.29 is 19.4 Å². The summed E-state index contributed by atoms with van der Waals surface area (Å²) >= 11 is 0. The Bertz CT molecular complexity index is 145. The number of methoxy groups -OCH3 is 1. The maximum Gasteiger partial charge on any atom is 0.335 e. The van der Waals surface area contributed by atoms with Gasteiger partial charge in [-0.3, -0.25) is 4.79 Å². The van der Waals surface area contributed by atoms with Gasteiger partial charge in [0.2, 0.25) is 5.91 Å². The van der Waals surface area contributed by atoms with Gasteiger partial charge in [-0.05, 0) is 0 Å². The normalized spacial score (nSPS) is 12.2. The molecule has 1 amide bonds. The van der Waals surface area contributed by atoms with Crippen LogP contribution < -0.4 is 5.73 Å². The van der Waals surface area contributed by atoms with Crippen molar-refractivity contribution >= 4 is 11.9 Å². The lowest BCUT2D eigenvalue weighted by Gasteiger charge is -2.03. The minimum atomic E-state index is -1.43. The molecule has 0 rings (SSSR count). The van der Waals surface area contributed by atoms with Crippen molar-refractivity contribution in [2.45, 2.75) is 12.5 Å². The van der Waals surface area contributed by atoms with E-state index in [0.717, 1.165) is 7.11 Å². The van der Waals surface area contributed by atoms with Crippen LogP contribution in [0.1, 0.15) is 6.42 Å². The first kappa shape index (κ1) is 8.90. The third kappa shape index (κ3) is 3.03. The lowest BCUT2D eigenvalue weighted by atomic mass is 10.2. The molecular weight excluding hydrogens is 138 g/mol. The Kier molecular flexibility index (Phi) is 3.42. The highest BCUT2D eigenvalue weighted by Gasteiger charge is 2.17. The summed E-state index contributed by atoms with van der Waals surface area (Å²) in [6.07, 6.45) is -1.82. The highest BCUT2D eigenvalue weighted by molar-refractivity contribution is 5.83. The van der Waals surface area contributed by atoms with Crippen LogP contribution in [-0.2, 0) is 14.3 Å². The molecule has 58 valence electrons. The zero-order chi connectivity index (χ0) is 8.15. The Morgan fingerprint density at radius 1 is 1.70 bits per heavy atom. The van der Waals surface area contributed by atoms with Gasteiger partial charge in [0, 0.05) is 0 Å². The van der Waals surface area contributed by atoms with Crippen molar-refractivity contribution in [3.63, 3.8) is 0 Å². The van der Waals surface area contributed by atoms with Crippen molar-refractivity contribution in [1.29, 1.82) is 0 Å². The summed E-state index contributed by atoms with van der Waals surface area (Å²) in [4.78, 5) is 20.5. The number of hydrogen-bond donors (Lipinski definition) is 2. The number of rotatable bonds is 3. The molecule has 3 N–H and O–H groups in total. The second-order valence-electron chi connectivity index (χ2n) is 1.71. The SMILES string of the molecule is COC(=O)[C@@H](O)CC(N)=O. The number of aliphatic hydroxyl groups is 1. The monoisotopic (exact) mass is 147 g/mol. The molecule has 0 radical (unpaired) electrons. The third-order valence-electron chi connectivity index (χ3n) is 0.868. The number of nitrogens with two attached hydrogens (primary N) is 1. The number of hydrogen-bond acceptors (Lipinski definition) is 4. The zero-order valence-electron chi connectivity index (χ0n) is 5.53. The molecule has 5 heteroatoms. The first-order valence-electron chi connectivity index (χ1n) is 2.62. The molecule has 0 heterocycles. The molecule has 1 atom stereocenters. The molecule has 0 aromatic carbocycles. The summed E-state index contributed by atoms with van der Waals surface area (Å²) in [6, 6.07) is 0. The molecule has 0 aliphatic heterocycles. The Morgan fingerprint density at radius 2 is 2.20 bits per heavy atom. The minimum absolute atomic E-state index is 0.396. The van der Waals surface area contributed by atoms with Crippen molar-refractivity contribution in [1.82, 2.24) is 0 Å². The molecule has 0 aromatic heterocycles. The molecule has 0 saturated carbocycles. The molecule has 0 aliphatic carbocycles. The topological polar surface area (TPSA) is 89.6 Å². The molecule has 0 aliphatic rings. The van der Waals surface area contributed by atoms with Crippen LogP contribution in [0.3, 0.4) is 0 Å². The van der Waals surface area contributed by atoms with Crippen LogP contribution in [0.4, 0.5) is 0 Å². The van der Waals surface area contributed by atoms with E-state index in [4.69, 9.17) is 5.11 Å². The maximum atomic E-state index is 10.4. The fourth-order valence-corrected chi connectivity index (χ4v) is 0.410. The number of esters is 1. The lowest BCUT2D eigenvalue weighted by Crippen LogP contribution is -2.27. The van der Waals surface area contributed by atoms with Gasteiger partial charge in [-0.2, -0.15) is 0 Å². The average molecular weight is 147 g/mol. The summed E-state index contributed by atoms with van der Waals surface area (Å²) in [7, 11) is 1.12. The van der Waals surface area contributed by atoms with Crippen LogP contribution >= 0.6 is 0 Å². The Morgan fingerprint density at radius 3 is 2.50 bits per heavy atom. The van der Waals surface area contributed by atoms with E-state index in [-0.39, 0.29) is 0 Å². The average Bonchev–Trinajstić information content (AvgIpc) is 1.85. The van der Waals surface area contributed by atoms with Crippen molar-refractivity contribution in [3.8, 4) is 0 Å². The Hall–Kier alpha value is -1.10. The van der Waals surface area contributed by atoms with Gasteiger partial charge in [-0.25, -0.2) is 4.79 Å². The van der Waals surface area contributed by atoms with Crippen LogP contribution in [0, 0.1) is 0 Å². The summed E-state index contributed by atoms with van der Waals surface area (Å²) in [5, 5.41) is 8.71. The largest absolute Gasteiger partial charge is 0.467 e. The summed E-state index contributed by atoms with van der Waals surface area (Å²) in [6.45, 7) is 0. The van der Waals surface area contributed by atoms with Gasteiger partial charge in [0.1, 0.15) is 0 Å². The fraction of sp³-hybridized carbons (Fsp3) is 0.600. The van der Waals surface area contributed by atoms with Gasteiger partial charge in [-0.15, -0.1) is 0 Å². The number of ether oxygens (including phenoxy) is 1. The fourth-order valence-electron chi connectivity index (χ4n) is 0.410. The van der Waals surface area contributed by atoms with E-state index in [2.05, 4.69) is 10.5 Å². The van der Waals surface area contributed by atoms with E-state index in [9.17, 15) is 9.59 Å². The lowest BCUT2D eigenvalue weighted by molar-refractivity contribution is -0.152. The van der Waals surface area contributed by atoms with E-state index in [1.807, 2.05) is 0 Å². The Labute approximate surface area is 57.8 Å². The molecule has 0 spiro atoms. The quantitative estimate of drug-likeness (QED) is 0.470. The van der Waals surface area contributed by atoms with Crippen LogP contribution in [0.25, 0.3) is 0 Å². The van der Waals surface area contributed by atoms with E-state index >= 15 is 0 Å². The first-order valence-corrected chi connectivity index (χ1v) is 2.62. The van der Waals surface area contributed by atoms with Crippen LogP contribution in [-0.4, -0.2) is 30.2 Å². The predicted octanol–water partition coefficient (Wildman–Crippen LogP) is -1.60. The van der Waals surface area contributed by atoms with E-state index in [1.165, 1.54) is 0 Å². The number of aliphatic hydroxyl groups excluding tert-OH is 1. The molecule has 0 saturated heterocycles. The van der Waals surface area contributed by atoms with Gasteiger partial charge < -0.3 is 15.6 Å². The van der Waals surface area contributed by atoms with Gasteiger partial charge in [-0.1, -0.05) is 0 Å². The van der Waals surface area contributed by atoms with Crippen LogP contribution in [0.15, 0.2) is 0 Å². The zero-order valence-corrected chi connectivity index (χ0v) is 5.53. The first-order chi connectivity index (χ1) is 4.57. The van der Waals surface area contributed by atoms with E-state index < -0.39 is 24.4 Å². The molecule has 5 nitrogen and oxygen atoms in total. The maximum absolute atomic E-state index is 10.4. The smallest absolute Gasteiger partial charge is 0.335 e. The molecule has 0 fully saturated rings. The van der Waals surface area contributed by atoms with E-state index in [0.29, 0.717) is 0 Å². The number of carbonyl (C=O) groups is 2. The molecule has 0 bridgehead atoms. The Balaban J connectivity index is 3.72. The van der Waals surface area contributed by atoms with Crippen molar-refractivity contribution in [3.05, 3.63) is 0 Å². The number of primary amides is 1. The highest BCUT2D eigenvalue weighted by Crippen LogP contribution is 1.91. The second-order valence-corrected chi connectivity index (χ2v) is 1.71. The van der Waals surface area contributed by atoms with Gasteiger partial charge in [0.05, 0.1) is 13.5 Å². The standard InChI is InChI=1S/C5H9NO4/c1-10-5(9)3(7)2-4(6)8/h3,7H,2H2,1H3,(H2,6,8)/t3-/m0/s1.